The van der Waals surface area contributed by atoms with E-state index >= 15 is 0 Å². The highest BCUT2D eigenvalue weighted by atomic mass is 19.1. The fourth-order valence-electron chi connectivity index (χ4n) is 2.45. The highest BCUT2D eigenvalue weighted by Gasteiger charge is 2.24. The summed E-state index contributed by atoms with van der Waals surface area (Å²) in [6.45, 7) is 0.582. The van der Waals surface area contributed by atoms with Gasteiger partial charge in [-0.05, 0) is 17.7 Å². The minimum atomic E-state index is -0.866. The van der Waals surface area contributed by atoms with Crippen LogP contribution in [0.25, 0.3) is 0 Å². The summed E-state index contributed by atoms with van der Waals surface area (Å²) in [5.41, 5.74) is 7.57. The number of rotatable bonds is 2. The van der Waals surface area contributed by atoms with Crippen LogP contribution in [0, 0.1) is 11.6 Å². The smallest absolute Gasteiger partial charge is 0.131 e. The molecular formula is C15H13F2NO. The van der Waals surface area contributed by atoms with Crippen LogP contribution in [0.3, 0.4) is 0 Å². The lowest BCUT2D eigenvalue weighted by Gasteiger charge is -2.17. The van der Waals surface area contributed by atoms with Gasteiger partial charge in [-0.2, -0.15) is 0 Å². The first-order valence-electron chi connectivity index (χ1n) is 6.12. The molecule has 19 heavy (non-hydrogen) atoms. The van der Waals surface area contributed by atoms with Gasteiger partial charge in [0, 0.05) is 17.5 Å². The zero-order valence-corrected chi connectivity index (χ0v) is 10.2. The van der Waals surface area contributed by atoms with Crippen molar-refractivity contribution in [3.63, 3.8) is 0 Å². The molecule has 4 heteroatoms. The van der Waals surface area contributed by atoms with E-state index in [-0.39, 0.29) is 5.56 Å². The second-order valence-electron chi connectivity index (χ2n) is 4.55. The molecule has 1 unspecified atom stereocenters. The Bertz CT molecular complexity index is 607. The second kappa shape index (κ2) is 4.63. The molecule has 0 fully saturated rings. The zero-order chi connectivity index (χ0) is 13.4. The molecule has 98 valence electrons. The summed E-state index contributed by atoms with van der Waals surface area (Å²) < 4.78 is 33.1. The number of halogens is 2. The molecule has 0 aliphatic carbocycles. The predicted octanol–water partition coefficient (Wildman–Crippen LogP) is 2.95. The number of fused-ring (bicyclic) bond motifs is 1. The van der Waals surface area contributed by atoms with Gasteiger partial charge in [-0.15, -0.1) is 0 Å². The molecule has 1 atom stereocenters. The third-order valence-electron chi connectivity index (χ3n) is 3.39. The van der Waals surface area contributed by atoms with E-state index in [0.29, 0.717) is 17.9 Å². The molecule has 2 nitrogen and oxygen atoms in total. The van der Waals surface area contributed by atoms with E-state index in [1.807, 2.05) is 12.1 Å². The number of nitrogens with two attached hydrogens (primary N) is 1. The van der Waals surface area contributed by atoms with Crippen LogP contribution in [0.5, 0.6) is 5.75 Å². The lowest BCUT2D eigenvalue weighted by molar-refractivity contribution is 0.352. The molecule has 0 saturated heterocycles. The fraction of sp³-hybridized carbons (Fsp3) is 0.200. The molecule has 2 N–H and O–H groups in total. The van der Waals surface area contributed by atoms with Crippen LogP contribution in [-0.4, -0.2) is 6.61 Å². The topological polar surface area (TPSA) is 35.2 Å². The molecule has 3 rings (SSSR count). The van der Waals surface area contributed by atoms with Crippen molar-refractivity contribution in [2.75, 3.05) is 6.61 Å². The number of ether oxygens (including phenoxy) is 1. The number of benzene rings is 2. The van der Waals surface area contributed by atoms with Gasteiger partial charge in [-0.1, -0.05) is 24.3 Å². The van der Waals surface area contributed by atoms with E-state index < -0.39 is 17.7 Å². The Morgan fingerprint density at radius 3 is 2.47 bits per heavy atom. The first-order valence-corrected chi connectivity index (χ1v) is 6.12. The van der Waals surface area contributed by atoms with Gasteiger partial charge in [-0.3, -0.25) is 0 Å². The lowest BCUT2D eigenvalue weighted by atomic mass is 9.96. The van der Waals surface area contributed by atoms with Crippen molar-refractivity contribution in [3.05, 3.63) is 64.7 Å². The summed E-state index contributed by atoms with van der Waals surface area (Å²) in [5.74, 6) is -0.608. The Balaban J connectivity index is 2.10. The van der Waals surface area contributed by atoms with Gasteiger partial charge in [-0.25, -0.2) is 8.78 Å². The third kappa shape index (κ3) is 1.98. The van der Waals surface area contributed by atoms with Crippen LogP contribution in [0.2, 0.25) is 0 Å². The number of hydrogen-bond acceptors (Lipinski definition) is 2. The van der Waals surface area contributed by atoms with E-state index in [4.69, 9.17) is 10.5 Å². The summed E-state index contributed by atoms with van der Waals surface area (Å²) in [7, 11) is 0. The minimum Gasteiger partial charge on any atom is -0.493 e. The van der Waals surface area contributed by atoms with E-state index in [1.54, 1.807) is 6.07 Å². The quantitative estimate of drug-likeness (QED) is 0.902. The Kier molecular flexibility index (Phi) is 2.95. The van der Waals surface area contributed by atoms with Gasteiger partial charge in [0.05, 0.1) is 12.6 Å². The summed E-state index contributed by atoms with van der Waals surface area (Å²) >= 11 is 0. The molecule has 1 heterocycles. The Morgan fingerprint density at radius 1 is 1.05 bits per heavy atom. The highest BCUT2D eigenvalue weighted by Crippen LogP contribution is 2.36. The molecule has 0 aromatic heterocycles. The lowest BCUT2D eigenvalue weighted by Crippen LogP contribution is -2.16. The maximum absolute atomic E-state index is 13.8. The van der Waals surface area contributed by atoms with Crippen LogP contribution in [-0.2, 0) is 6.42 Å². The largest absolute Gasteiger partial charge is 0.493 e. The summed E-state index contributed by atoms with van der Waals surface area (Å²) in [4.78, 5) is 0. The number of para-hydroxylation sites is 1. The van der Waals surface area contributed by atoms with Crippen LogP contribution < -0.4 is 10.5 Å². The van der Waals surface area contributed by atoms with Gasteiger partial charge >= 0.3 is 0 Å². The SMILES string of the molecule is NC(c1cccc2c1OCC2)c1c(F)cccc1F. The van der Waals surface area contributed by atoms with Crippen molar-refractivity contribution in [3.8, 4) is 5.75 Å². The van der Waals surface area contributed by atoms with Crippen molar-refractivity contribution in [2.45, 2.75) is 12.5 Å². The van der Waals surface area contributed by atoms with Gasteiger partial charge in [0.15, 0.2) is 0 Å². The zero-order valence-electron chi connectivity index (χ0n) is 10.2. The predicted molar refractivity (Wildman–Crippen MR) is 68.0 cm³/mol. The maximum Gasteiger partial charge on any atom is 0.131 e. The highest BCUT2D eigenvalue weighted by molar-refractivity contribution is 5.48. The van der Waals surface area contributed by atoms with E-state index in [0.717, 1.165) is 12.0 Å². The molecule has 0 saturated carbocycles. The van der Waals surface area contributed by atoms with Crippen molar-refractivity contribution < 1.29 is 13.5 Å². The van der Waals surface area contributed by atoms with E-state index in [9.17, 15) is 8.78 Å². The number of hydrogen-bond donors (Lipinski definition) is 1. The molecule has 2 aromatic carbocycles. The van der Waals surface area contributed by atoms with Crippen LogP contribution in [0.1, 0.15) is 22.7 Å². The van der Waals surface area contributed by atoms with Gasteiger partial charge in [0.1, 0.15) is 17.4 Å². The van der Waals surface area contributed by atoms with Crippen molar-refractivity contribution in [2.24, 2.45) is 5.73 Å². The first-order chi connectivity index (χ1) is 9.18. The van der Waals surface area contributed by atoms with Gasteiger partial charge in [0.2, 0.25) is 0 Å². The molecular weight excluding hydrogens is 248 g/mol. The second-order valence-corrected chi connectivity index (χ2v) is 4.55. The third-order valence-corrected chi connectivity index (χ3v) is 3.39. The average molecular weight is 261 g/mol. The molecule has 0 spiro atoms. The summed E-state index contributed by atoms with van der Waals surface area (Å²) in [5, 5.41) is 0. The maximum atomic E-state index is 13.8. The fourth-order valence-corrected chi connectivity index (χ4v) is 2.45. The molecule has 1 aliphatic rings. The standard InChI is InChI=1S/C15H13F2NO/c16-11-5-2-6-12(17)13(11)14(18)10-4-1-3-9-7-8-19-15(9)10/h1-6,14H,7-8,18H2. The average Bonchev–Trinajstić information content (AvgIpc) is 2.86. The molecule has 2 aromatic rings. The Labute approximate surface area is 109 Å². The van der Waals surface area contributed by atoms with E-state index in [2.05, 4.69) is 0 Å². The van der Waals surface area contributed by atoms with Crippen molar-refractivity contribution >= 4 is 0 Å². The summed E-state index contributed by atoms with van der Waals surface area (Å²) in [6.07, 6.45) is 0.801. The molecule has 0 amide bonds. The molecule has 0 bridgehead atoms. The Hall–Kier alpha value is -1.94. The summed E-state index contributed by atoms with van der Waals surface area (Å²) in [6, 6.07) is 8.41. The normalized spacial score (nSPS) is 14.9. The van der Waals surface area contributed by atoms with Crippen LogP contribution in [0.4, 0.5) is 8.78 Å². The minimum absolute atomic E-state index is 0.119. The molecule has 1 aliphatic heterocycles. The van der Waals surface area contributed by atoms with Crippen molar-refractivity contribution in [1.29, 1.82) is 0 Å². The first kappa shape index (κ1) is 12.1. The van der Waals surface area contributed by atoms with Gasteiger partial charge in [0.25, 0.3) is 0 Å². The van der Waals surface area contributed by atoms with Crippen LogP contribution >= 0.6 is 0 Å². The van der Waals surface area contributed by atoms with Crippen molar-refractivity contribution in [1.82, 2.24) is 0 Å². The molecule has 0 radical (unpaired) electrons. The monoisotopic (exact) mass is 261 g/mol. The Morgan fingerprint density at radius 2 is 1.74 bits per heavy atom. The van der Waals surface area contributed by atoms with Crippen LogP contribution in [0.15, 0.2) is 36.4 Å². The van der Waals surface area contributed by atoms with E-state index in [1.165, 1.54) is 18.2 Å². The van der Waals surface area contributed by atoms with Gasteiger partial charge < -0.3 is 10.5 Å².